The van der Waals surface area contributed by atoms with Crippen molar-refractivity contribution in [2.24, 2.45) is 0 Å². The number of aliphatic hydroxyl groups is 1. The Kier molecular flexibility index (Phi) is 5.51. The van der Waals surface area contributed by atoms with E-state index in [2.05, 4.69) is 5.10 Å². The molecule has 1 amide bonds. The van der Waals surface area contributed by atoms with Gasteiger partial charge in [-0.1, -0.05) is 0 Å². The molecular formula is C18H22FN3O2. The lowest BCUT2D eigenvalue weighted by Gasteiger charge is -2.21. The second kappa shape index (κ2) is 7.40. The molecule has 2 rings (SSSR count). The van der Waals surface area contributed by atoms with Gasteiger partial charge in [0.1, 0.15) is 5.82 Å². The molecule has 0 radical (unpaired) electrons. The van der Waals surface area contributed by atoms with E-state index in [1.54, 1.807) is 36.9 Å². The largest absolute Gasteiger partial charge is 0.394 e. The average molecular weight is 331 g/mol. The van der Waals surface area contributed by atoms with Crippen LogP contribution in [0.2, 0.25) is 0 Å². The molecule has 24 heavy (non-hydrogen) atoms. The Morgan fingerprint density at radius 2 is 2.00 bits per heavy atom. The lowest BCUT2D eigenvalue weighted by Crippen LogP contribution is -2.36. The zero-order valence-electron chi connectivity index (χ0n) is 14.3. The summed E-state index contributed by atoms with van der Waals surface area (Å²) in [6.45, 7) is 5.44. The van der Waals surface area contributed by atoms with Gasteiger partial charge in [0, 0.05) is 24.4 Å². The van der Waals surface area contributed by atoms with Gasteiger partial charge in [0.05, 0.1) is 24.0 Å². The van der Waals surface area contributed by atoms with Crippen LogP contribution >= 0.6 is 0 Å². The van der Waals surface area contributed by atoms with Crippen LogP contribution < -0.4 is 0 Å². The molecular weight excluding hydrogens is 309 g/mol. The summed E-state index contributed by atoms with van der Waals surface area (Å²) < 4.78 is 14.8. The Hall–Kier alpha value is -2.47. The van der Waals surface area contributed by atoms with Crippen LogP contribution in [0, 0.1) is 19.7 Å². The fourth-order valence-electron chi connectivity index (χ4n) is 2.34. The molecule has 0 aliphatic heterocycles. The van der Waals surface area contributed by atoms with Gasteiger partial charge in [0.2, 0.25) is 5.91 Å². The fraction of sp³-hybridized carbons (Fsp3) is 0.333. The van der Waals surface area contributed by atoms with Crippen LogP contribution in [-0.4, -0.2) is 45.4 Å². The number of carbonyl (C=O) groups is 1. The molecule has 0 spiro atoms. The maximum Gasteiger partial charge on any atom is 0.246 e. The predicted molar refractivity (Wildman–Crippen MR) is 91.3 cm³/mol. The highest BCUT2D eigenvalue weighted by Gasteiger charge is 2.14. The van der Waals surface area contributed by atoms with E-state index >= 15 is 0 Å². The number of amides is 1. The van der Waals surface area contributed by atoms with Crippen molar-refractivity contribution in [1.29, 1.82) is 0 Å². The summed E-state index contributed by atoms with van der Waals surface area (Å²) in [6.07, 6.45) is 3.19. The summed E-state index contributed by atoms with van der Waals surface area (Å²) in [6, 6.07) is 5.84. The molecule has 0 saturated carbocycles. The topological polar surface area (TPSA) is 58.4 Å². The number of aryl methyl sites for hydroxylation is 1. The third kappa shape index (κ3) is 3.71. The normalized spacial score (nSPS) is 12.6. The van der Waals surface area contributed by atoms with E-state index in [9.17, 15) is 9.18 Å². The number of likely N-dealkylation sites (N-methyl/N-ethyl adjacent to an activating group) is 1. The van der Waals surface area contributed by atoms with Crippen LogP contribution in [0.15, 0.2) is 30.3 Å². The quantitative estimate of drug-likeness (QED) is 0.857. The first-order chi connectivity index (χ1) is 11.3. The minimum Gasteiger partial charge on any atom is -0.394 e. The molecule has 1 aromatic carbocycles. The molecule has 0 saturated heterocycles. The van der Waals surface area contributed by atoms with Crippen molar-refractivity contribution in [2.45, 2.75) is 26.8 Å². The third-order valence-corrected chi connectivity index (χ3v) is 4.08. The van der Waals surface area contributed by atoms with Crippen LogP contribution in [0.4, 0.5) is 4.39 Å². The Balaban J connectivity index is 2.28. The zero-order chi connectivity index (χ0) is 17.9. The van der Waals surface area contributed by atoms with Crippen LogP contribution in [0.5, 0.6) is 0 Å². The van der Waals surface area contributed by atoms with Crippen molar-refractivity contribution in [3.63, 3.8) is 0 Å². The van der Waals surface area contributed by atoms with Gasteiger partial charge >= 0.3 is 0 Å². The van der Waals surface area contributed by atoms with E-state index in [-0.39, 0.29) is 24.4 Å². The molecule has 1 aromatic heterocycles. The number of carbonyl (C=O) groups excluding carboxylic acids is 1. The molecule has 5 nitrogen and oxygen atoms in total. The third-order valence-electron chi connectivity index (χ3n) is 4.08. The molecule has 1 N–H and O–H groups in total. The number of aliphatic hydroxyl groups excluding tert-OH is 1. The lowest BCUT2D eigenvalue weighted by molar-refractivity contribution is -0.127. The van der Waals surface area contributed by atoms with Gasteiger partial charge in [-0.25, -0.2) is 9.07 Å². The molecule has 1 heterocycles. The molecule has 2 aromatic rings. The predicted octanol–water partition coefficient (Wildman–Crippen LogP) is 2.48. The van der Waals surface area contributed by atoms with Crippen LogP contribution in [0.25, 0.3) is 11.8 Å². The number of hydrogen-bond acceptors (Lipinski definition) is 3. The first-order valence-corrected chi connectivity index (χ1v) is 7.73. The van der Waals surface area contributed by atoms with Gasteiger partial charge in [-0.2, -0.15) is 5.10 Å². The molecule has 0 aliphatic carbocycles. The summed E-state index contributed by atoms with van der Waals surface area (Å²) in [5, 5.41) is 13.6. The van der Waals surface area contributed by atoms with E-state index in [1.165, 1.54) is 23.1 Å². The van der Waals surface area contributed by atoms with Crippen molar-refractivity contribution in [3.05, 3.63) is 53.1 Å². The number of nitrogens with zero attached hydrogens (tertiary/aromatic N) is 3. The SMILES string of the molecule is Cc1nn(-c2ccc(F)cc2)c(C)c1/C=C/C(=O)N(C)C(C)CO. The van der Waals surface area contributed by atoms with Gasteiger partial charge in [-0.3, -0.25) is 4.79 Å². The highest BCUT2D eigenvalue weighted by atomic mass is 19.1. The van der Waals surface area contributed by atoms with Gasteiger partial charge < -0.3 is 10.0 Å². The highest BCUT2D eigenvalue weighted by Crippen LogP contribution is 2.19. The maximum atomic E-state index is 13.1. The summed E-state index contributed by atoms with van der Waals surface area (Å²) in [4.78, 5) is 13.6. The fourth-order valence-corrected chi connectivity index (χ4v) is 2.34. The minimum absolute atomic E-state index is 0.0867. The average Bonchev–Trinajstić information content (AvgIpc) is 2.86. The van der Waals surface area contributed by atoms with Gasteiger partial charge in [-0.15, -0.1) is 0 Å². The monoisotopic (exact) mass is 331 g/mol. The molecule has 0 bridgehead atoms. The molecule has 0 fully saturated rings. The van der Waals surface area contributed by atoms with Gasteiger partial charge in [0.25, 0.3) is 0 Å². The highest BCUT2D eigenvalue weighted by molar-refractivity contribution is 5.92. The maximum absolute atomic E-state index is 13.1. The number of halogens is 1. The number of aromatic nitrogens is 2. The van der Waals surface area contributed by atoms with Crippen molar-refractivity contribution >= 4 is 12.0 Å². The first kappa shape index (κ1) is 17.9. The second-order valence-corrected chi connectivity index (χ2v) is 5.79. The smallest absolute Gasteiger partial charge is 0.246 e. The van der Waals surface area contributed by atoms with E-state index in [4.69, 9.17) is 5.11 Å². The van der Waals surface area contributed by atoms with Crippen molar-refractivity contribution in [2.75, 3.05) is 13.7 Å². The second-order valence-electron chi connectivity index (χ2n) is 5.79. The summed E-state index contributed by atoms with van der Waals surface area (Å²) in [5.74, 6) is -0.489. The Morgan fingerprint density at radius 3 is 2.58 bits per heavy atom. The van der Waals surface area contributed by atoms with E-state index in [0.29, 0.717) is 0 Å². The molecule has 1 atom stereocenters. The minimum atomic E-state index is -0.299. The molecule has 1 unspecified atom stereocenters. The number of hydrogen-bond donors (Lipinski definition) is 1. The summed E-state index contributed by atoms with van der Waals surface area (Å²) in [5.41, 5.74) is 3.24. The van der Waals surface area contributed by atoms with Gasteiger partial charge in [-0.05, 0) is 51.1 Å². The Labute approximate surface area is 141 Å². The van der Waals surface area contributed by atoms with Crippen LogP contribution in [0.3, 0.4) is 0 Å². The lowest BCUT2D eigenvalue weighted by atomic mass is 10.1. The first-order valence-electron chi connectivity index (χ1n) is 7.73. The molecule has 128 valence electrons. The van der Waals surface area contributed by atoms with Crippen molar-refractivity contribution in [3.8, 4) is 5.69 Å². The Bertz CT molecular complexity index is 750. The van der Waals surface area contributed by atoms with Gasteiger partial charge in [0.15, 0.2) is 0 Å². The summed E-state index contributed by atoms with van der Waals surface area (Å²) in [7, 11) is 1.65. The van der Waals surface area contributed by atoms with Crippen LogP contribution in [-0.2, 0) is 4.79 Å². The van der Waals surface area contributed by atoms with E-state index < -0.39 is 0 Å². The van der Waals surface area contributed by atoms with Crippen LogP contribution in [0.1, 0.15) is 23.9 Å². The number of rotatable bonds is 5. The number of benzene rings is 1. The zero-order valence-corrected chi connectivity index (χ0v) is 14.3. The molecule has 0 aliphatic rings. The Morgan fingerprint density at radius 1 is 1.38 bits per heavy atom. The summed E-state index contributed by atoms with van der Waals surface area (Å²) >= 11 is 0. The molecule has 6 heteroatoms. The van der Waals surface area contributed by atoms with E-state index in [0.717, 1.165) is 22.6 Å². The van der Waals surface area contributed by atoms with E-state index in [1.807, 2.05) is 13.8 Å². The standard InChI is InChI=1S/C18H22FN3O2/c1-12(11-23)21(4)18(24)10-9-17-13(2)20-22(14(17)3)16-7-5-15(19)6-8-16/h5-10,12,23H,11H2,1-4H3/b10-9+. The van der Waals surface area contributed by atoms with Crippen molar-refractivity contribution < 1.29 is 14.3 Å². The van der Waals surface area contributed by atoms with Crippen molar-refractivity contribution in [1.82, 2.24) is 14.7 Å².